The third-order valence-electron chi connectivity index (χ3n) is 5.10. The van der Waals surface area contributed by atoms with Crippen LogP contribution in [-0.2, 0) is 13.0 Å². The Labute approximate surface area is 181 Å². The van der Waals surface area contributed by atoms with Crippen LogP contribution >= 0.6 is 11.3 Å². The SMILES string of the molecule is CN=C(NCCc1csc(N2CCCC2)n1)NCc1coc(-c2ccc(C)cc2)n1. The summed E-state index contributed by atoms with van der Waals surface area (Å²) in [7, 11) is 1.77. The summed E-state index contributed by atoms with van der Waals surface area (Å²) < 4.78 is 5.62. The number of aliphatic imine (C=N–C) groups is 1. The number of anilines is 1. The van der Waals surface area contributed by atoms with Gasteiger partial charge in [-0.3, -0.25) is 4.99 Å². The van der Waals surface area contributed by atoms with E-state index >= 15 is 0 Å². The Morgan fingerprint density at radius 2 is 1.93 bits per heavy atom. The van der Waals surface area contributed by atoms with Crippen molar-refractivity contribution >= 4 is 22.4 Å². The van der Waals surface area contributed by atoms with Crippen LogP contribution in [0.3, 0.4) is 0 Å². The van der Waals surface area contributed by atoms with Gasteiger partial charge in [-0.25, -0.2) is 9.97 Å². The largest absolute Gasteiger partial charge is 0.444 e. The highest BCUT2D eigenvalue weighted by Gasteiger charge is 2.15. The Morgan fingerprint density at radius 3 is 2.70 bits per heavy atom. The molecule has 30 heavy (non-hydrogen) atoms. The summed E-state index contributed by atoms with van der Waals surface area (Å²) in [5.41, 5.74) is 4.16. The average Bonchev–Trinajstić information content (AvgIpc) is 3.52. The van der Waals surface area contributed by atoms with Gasteiger partial charge in [0.25, 0.3) is 0 Å². The average molecular weight is 425 g/mol. The van der Waals surface area contributed by atoms with Crippen LogP contribution in [-0.4, -0.2) is 42.6 Å². The minimum absolute atomic E-state index is 0.546. The van der Waals surface area contributed by atoms with Gasteiger partial charge in [0, 0.05) is 44.0 Å². The van der Waals surface area contributed by atoms with Crippen molar-refractivity contribution < 1.29 is 4.42 Å². The van der Waals surface area contributed by atoms with E-state index in [1.165, 1.54) is 18.4 Å². The van der Waals surface area contributed by atoms with Crippen molar-refractivity contribution in [3.8, 4) is 11.5 Å². The fraction of sp³-hybridized carbons (Fsp3) is 0.409. The van der Waals surface area contributed by atoms with E-state index in [0.717, 1.165) is 54.1 Å². The molecule has 2 aromatic heterocycles. The predicted octanol–water partition coefficient (Wildman–Crippen LogP) is 3.61. The van der Waals surface area contributed by atoms with Crippen molar-refractivity contribution in [2.24, 2.45) is 4.99 Å². The van der Waals surface area contributed by atoms with Gasteiger partial charge in [-0.2, -0.15) is 0 Å². The number of aromatic nitrogens is 2. The topological polar surface area (TPSA) is 78.6 Å². The zero-order chi connectivity index (χ0) is 20.8. The summed E-state index contributed by atoms with van der Waals surface area (Å²) in [5, 5.41) is 9.94. The van der Waals surface area contributed by atoms with Crippen LogP contribution < -0.4 is 15.5 Å². The van der Waals surface area contributed by atoms with Crippen molar-refractivity contribution in [3.63, 3.8) is 0 Å². The molecular weight excluding hydrogens is 396 g/mol. The number of hydrogen-bond donors (Lipinski definition) is 2. The fourth-order valence-corrected chi connectivity index (χ4v) is 4.30. The molecule has 3 heterocycles. The van der Waals surface area contributed by atoms with Gasteiger partial charge in [-0.1, -0.05) is 17.7 Å². The molecule has 0 unspecified atom stereocenters. The van der Waals surface area contributed by atoms with E-state index in [0.29, 0.717) is 12.4 Å². The first-order valence-corrected chi connectivity index (χ1v) is 11.2. The number of hydrogen-bond acceptors (Lipinski definition) is 6. The number of thiazole rings is 1. The molecule has 1 aromatic carbocycles. The van der Waals surface area contributed by atoms with Crippen molar-refractivity contribution in [3.05, 3.63) is 52.9 Å². The van der Waals surface area contributed by atoms with Crippen LogP contribution in [0.2, 0.25) is 0 Å². The molecule has 0 amide bonds. The molecule has 1 saturated heterocycles. The molecule has 2 N–H and O–H groups in total. The smallest absolute Gasteiger partial charge is 0.226 e. The Morgan fingerprint density at radius 1 is 1.13 bits per heavy atom. The lowest BCUT2D eigenvalue weighted by Gasteiger charge is -2.12. The van der Waals surface area contributed by atoms with Gasteiger partial charge in [0.05, 0.1) is 17.9 Å². The molecule has 7 nitrogen and oxygen atoms in total. The molecular formula is C22H28N6OS. The molecule has 0 saturated carbocycles. The summed E-state index contributed by atoms with van der Waals surface area (Å²) >= 11 is 1.74. The second kappa shape index (κ2) is 9.75. The van der Waals surface area contributed by atoms with Crippen molar-refractivity contribution in [2.75, 3.05) is 31.6 Å². The molecule has 1 aliphatic rings. The summed E-state index contributed by atoms with van der Waals surface area (Å²) in [6.07, 6.45) is 5.10. The number of oxazole rings is 1. The highest BCUT2D eigenvalue weighted by Crippen LogP contribution is 2.24. The summed E-state index contributed by atoms with van der Waals surface area (Å²) in [6.45, 7) is 5.65. The van der Waals surface area contributed by atoms with E-state index in [2.05, 4.69) is 49.9 Å². The molecule has 158 valence electrons. The normalized spacial score (nSPS) is 14.3. The summed E-state index contributed by atoms with van der Waals surface area (Å²) in [4.78, 5) is 16.0. The minimum Gasteiger partial charge on any atom is -0.444 e. The van der Waals surface area contributed by atoms with Gasteiger partial charge in [-0.05, 0) is 31.9 Å². The number of rotatable bonds is 7. The first-order valence-electron chi connectivity index (χ1n) is 10.4. The molecule has 0 aliphatic carbocycles. The quantitative estimate of drug-likeness (QED) is 0.446. The summed E-state index contributed by atoms with van der Waals surface area (Å²) in [5.74, 6) is 1.37. The van der Waals surface area contributed by atoms with Crippen molar-refractivity contribution in [1.29, 1.82) is 0 Å². The second-order valence-electron chi connectivity index (χ2n) is 7.43. The maximum absolute atomic E-state index is 5.62. The molecule has 1 aliphatic heterocycles. The van der Waals surface area contributed by atoms with E-state index in [-0.39, 0.29) is 0 Å². The Hall–Kier alpha value is -2.87. The predicted molar refractivity (Wildman–Crippen MR) is 122 cm³/mol. The Kier molecular flexibility index (Phi) is 6.63. The third kappa shape index (κ3) is 5.18. The monoisotopic (exact) mass is 424 g/mol. The minimum atomic E-state index is 0.546. The van der Waals surface area contributed by atoms with Crippen LogP contribution in [0, 0.1) is 6.92 Å². The van der Waals surface area contributed by atoms with Gasteiger partial charge >= 0.3 is 0 Å². The second-order valence-corrected chi connectivity index (χ2v) is 8.26. The number of nitrogens with zero attached hydrogens (tertiary/aromatic N) is 4. The third-order valence-corrected chi connectivity index (χ3v) is 6.05. The Balaban J connectivity index is 1.23. The van der Waals surface area contributed by atoms with Crippen LogP contribution in [0.15, 0.2) is 45.3 Å². The van der Waals surface area contributed by atoms with E-state index < -0.39 is 0 Å². The molecule has 8 heteroatoms. The van der Waals surface area contributed by atoms with Crippen LogP contribution in [0.5, 0.6) is 0 Å². The molecule has 0 spiro atoms. The molecule has 3 aromatic rings. The van der Waals surface area contributed by atoms with Gasteiger partial charge in [0.2, 0.25) is 5.89 Å². The van der Waals surface area contributed by atoms with Gasteiger partial charge < -0.3 is 20.0 Å². The molecule has 0 atom stereocenters. The standard InChI is InChI=1S/C22H28N6OS/c1-16-5-7-17(8-6-16)20-26-19(14-29-20)13-25-21(23-2)24-10-9-18-15-30-22(27-18)28-11-3-4-12-28/h5-8,14-15H,3-4,9-13H2,1-2H3,(H2,23,24,25). The van der Waals surface area contributed by atoms with E-state index in [9.17, 15) is 0 Å². The molecule has 1 fully saturated rings. The molecule has 4 rings (SSSR count). The zero-order valence-electron chi connectivity index (χ0n) is 17.5. The van der Waals surface area contributed by atoms with E-state index in [4.69, 9.17) is 9.40 Å². The van der Waals surface area contributed by atoms with E-state index in [1.54, 1.807) is 24.6 Å². The van der Waals surface area contributed by atoms with Gasteiger partial charge in [0.15, 0.2) is 11.1 Å². The first-order chi connectivity index (χ1) is 14.7. The molecule has 0 bridgehead atoms. The van der Waals surface area contributed by atoms with E-state index in [1.807, 2.05) is 12.1 Å². The Bertz CT molecular complexity index is 972. The number of aryl methyl sites for hydroxylation is 1. The highest BCUT2D eigenvalue weighted by molar-refractivity contribution is 7.13. The highest BCUT2D eigenvalue weighted by atomic mass is 32.1. The molecule has 0 radical (unpaired) electrons. The van der Waals surface area contributed by atoms with Crippen LogP contribution in [0.1, 0.15) is 29.8 Å². The number of benzene rings is 1. The fourth-order valence-electron chi connectivity index (χ4n) is 3.39. The number of nitrogens with one attached hydrogen (secondary N) is 2. The maximum atomic E-state index is 5.62. The lowest BCUT2D eigenvalue weighted by atomic mass is 10.1. The lowest BCUT2D eigenvalue weighted by molar-refractivity contribution is 0.572. The number of guanidine groups is 1. The van der Waals surface area contributed by atoms with Gasteiger partial charge in [-0.15, -0.1) is 11.3 Å². The van der Waals surface area contributed by atoms with Crippen molar-refractivity contribution in [2.45, 2.75) is 32.7 Å². The van der Waals surface area contributed by atoms with Crippen molar-refractivity contribution in [1.82, 2.24) is 20.6 Å². The van der Waals surface area contributed by atoms with Crippen LogP contribution in [0.25, 0.3) is 11.5 Å². The summed E-state index contributed by atoms with van der Waals surface area (Å²) in [6, 6.07) is 8.15. The first kappa shape index (κ1) is 20.4. The lowest BCUT2D eigenvalue weighted by Crippen LogP contribution is -2.38. The van der Waals surface area contributed by atoms with Gasteiger partial charge in [0.1, 0.15) is 6.26 Å². The van der Waals surface area contributed by atoms with Crippen LogP contribution in [0.4, 0.5) is 5.13 Å². The maximum Gasteiger partial charge on any atom is 0.226 e. The zero-order valence-corrected chi connectivity index (χ0v) is 18.3.